The van der Waals surface area contributed by atoms with Crippen molar-refractivity contribution in [2.24, 2.45) is 11.0 Å². The molecule has 4 nitrogen and oxygen atoms in total. The molecule has 0 unspecified atom stereocenters. The maximum Gasteiger partial charge on any atom is 0.438 e. The molecule has 22 heavy (non-hydrogen) atoms. The van der Waals surface area contributed by atoms with Gasteiger partial charge in [0.2, 0.25) is 0 Å². The molecule has 1 fully saturated rings. The summed E-state index contributed by atoms with van der Waals surface area (Å²) >= 11 is 3.13. The van der Waals surface area contributed by atoms with Crippen molar-refractivity contribution in [3.63, 3.8) is 0 Å². The van der Waals surface area contributed by atoms with E-state index >= 15 is 0 Å². The summed E-state index contributed by atoms with van der Waals surface area (Å²) in [4.78, 5) is 12.4. The molecule has 118 valence electrons. The minimum absolute atomic E-state index is 0.0194. The number of carbonyl (C=O) groups excluding carboxylic acids is 1. The first-order chi connectivity index (χ1) is 10.2. The van der Waals surface area contributed by atoms with E-state index in [9.17, 15) is 23.1 Å². The second-order valence-electron chi connectivity index (χ2n) is 5.45. The summed E-state index contributed by atoms with van der Waals surface area (Å²) in [5.74, 6) is -1.05. The predicted octanol–water partition coefficient (Wildman–Crippen LogP) is 3.31. The minimum atomic E-state index is -4.98. The van der Waals surface area contributed by atoms with Crippen molar-refractivity contribution in [1.82, 2.24) is 5.01 Å². The molecule has 1 aromatic carbocycles. The normalized spacial score (nSPS) is 25.3. The van der Waals surface area contributed by atoms with Gasteiger partial charge in [0.1, 0.15) is 0 Å². The van der Waals surface area contributed by atoms with E-state index in [1.54, 1.807) is 12.1 Å². The van der Waals surface area contributed by atoms with Crippen LogP contribution in [-0.2, 0) is 0 Å². The molecule has 1 N–H and O–H groups in total. The van der Waals surface area contributed by atoms with Crippen molar-refractivity contribution in [1.29, 1.82) is 0 Å². The number of amides is 1. The summed E-state index contributed by atoms with van der Waals surface area (Å²) in [6, 6.07) is 6.10. The van der Waals surface area contributed by atoms with Gasteiger partial charge in [0, 0.05) is 16.6 Å². The molecular weight excluding hydrogens is 365 g/mol. The zero-order chi connectivity index (χ0) is 16.1. The predicted molar refractivity (Wildman–Crippen MR) is 76.1 cm³/mol. The van der Waals surface area contributed by atoms with Crippen LogP contribution < -0.4 is 0 Å². The SMILES string of the molecule is O=C(c1ccccc1Br)N1N=C(C2CC2)C[C@@]1(O)C(F)(F)F. The van der Waals surface area contributed by atoms with Crippen molar-refractivity contribution in [2.45, 2.75) is 31.2 Å². The molecule has 1 aromatic rings. The van der Waals surface area contributed by atoms with E-state index in [2.05, 4.69) is 21.0 Å². The van der Waals surface area contributed by atoms with Crippen LogP contribution in [0.15, 0.2) is 33.8 Å². The Labute approximate surface area is 132 Å². The van der Waals surface area contributed by atoms with E-state index in [0.717, 1.165) is 12.8 Å². The molecule has 0 spiro atoms. The van der Waals surface area contributed by atoms with Crippen LogP contribution in [0, 0.1) is 5.92 Å². The number of nitrogens with zero attached hydrogens (tertiary/aromatic N) is 2. The Morgan fingerprint density at radius 1 is 1.36 bits per heavy atom. The van der Waals surface area contributed by atoms with Gasteiger partial charge in [-0.3, -0.25) is 4.79 Å². The summed E-state index contributed by atoms with van der Waals surface area (Å²) in [5, 5.41) is 14.1. The van der Waals surface area contributed by atoms with Gasteiger partial charge in [-0.2, -0.15) is 23.3 Å². The number of rotatable bonds is 2. The number of aliphatic hydroxyl groups is 1. The molecule has 1 saturated carbocycles. The fourth-order valence-corrected chi connectivity index (χ4v) is 2.85. The van der Waals surface area contributed by atoms with Crippen molar-refractivity contribution in [2.75, 3.05) is 0 Å². The lowest BCUT2D eigenvalue weighted by atomic mass is 10.0. The van der Waals surface area contributed by atoms with Crippen LogP contribution in [0.5, 0.6) is 0 Å². The Morgan fingerprint density at radius 2 is 2.00 bits per heavy atom. The average molecular weight is 377 g/mol. The third-order valence-electron chi connectivity index (χ3n) is 3.81. The van der Waals surface area contributed by atoms with E-state index in [1.807, 2.05) is 0 Å². The molecule has 3 rings (SSSR count). The number of hydrazone groups is 1. The molecule has 2 aliphatic rings. The summed E-state index contributed by atoms with van der Waals surface area (Å²) in [7, 11) is 0. The van der Waals surface area contributed by atoms with Crippen LogP contribution >= 0.6 is 15.9 Å². The van der Waals surface area contributed by atoms with Gasteiger partial charge in [0.15, 0.2) is 0 Å². The summed E-state index contributed by atoms with van der Waals surface area (Å²) in [5.41, 5.74) is -3.02. The molecule has 0 radical (unpaired) electrons. The Morgan fingerprint density at radius 3 is 2.55 bits per heavy atom. The molecule has 8 heteroatoms. The van der Waals surface area contributed by atoms with E-state index in [1.165, 1.54) is 12.1 Å². The van der Waals surface area contributed by atoms with Crippen LogP contribution in [0.2, 0.25) is 0 Å². The fraction of sp³-hybridized carbons (Fsp3) is 0.429. The lowest BCUT2D eigenvalue weighted by Crippen LogP contribution is -2.56. The van der Waals surface area contributed by atoms with Gasteiger partial charge in [0.05, 0.1) is 5.56 Å². The highest BCUT2D eigenvalue weighted by molar-refractivity contribution is 9.10. The molecule has 0 aromatic heterocycles. The number of hydrogen-bond donors (Lipinski definition) is 1. The molecule has 0 bridgehead atoms. The summed E-state index contributed by atoms with van der Waals surface area (Å²) in [6.07, 6.45) is -4.19. The van der Waals surface area contributed by atoms with Crippen molar-refractivity contribution >= 4 is 27.5 Å². The van der Waals surface area contributed by atoms with Gasteiger partial charge in [0.25, 0.3) is 11.6 Å². The third-order valence-corrected chi connectivity index (χ3v) is 4.50. The number of benzene rings is 1. The highest BCUT2D eigenvalue weighted by Crippen LogP contribution is 2.45. The van der Waals surface area contributed by atoms with Gasteiger partial charge >= 0.3 is 6.18 Å². The Kier molecular flexibility index (Phi) is 3.56. The highest BCUT2D eigenvalue weighted by Gasteiger charge is 2.64. The number of carbonyl (C=O) groups is 1. The minimum Gasteiger partial charge on any atom is -0.362 e. The van der Waals surface area contributed by atoms with Crippen molar-refractivity contribution in [3.8, 4) is 0 Å². The van der Waals surface area contributed by atoms with Crippen LogP contribution in [0.4, 0.5) is 13.2 Å². The number of hydrogen-bond acceptors (Lipinski definition) is 3. The monoisotopic (exact) mass is 376 g/mol. The molecule has 1 aliphatic carbocycles. The van der Waals surface area contributed by atoms with Crippen molar-refractivity contribution in [3.05, 3.63) is 34.3 Å². The van der Waals surface area contributed by atoms with E-state index < -0.39 is 24.2 Å². The third kappa shape index (κ3) is 2.44. The summed E-state index contributed by atoms with van der Waals surface area (Å²) < 4.78 is 40.2. The quantitative estimate of drug-likeness (QED) is 0.860. The molecule has 1 amide bonds. The maximum absolute atomic E-state index is 13.3. The molecular formula is C14H12BrF3N2O2. The zero-order valence-electron chi connectivity index (χ0n) is 11.3. The zero-order valence-corrected chi connectivity index (χ0v) is 12.9. The Balaban J connectivity index is 2.01. The standard InChI is InChI=1S/C14H12BrF3N2O2/c15-10-4-2-1-3-9(10)12(21)20-13(22,14(16,17)18)7-11(19-20)8-5-6-8/h1-4,8,22H,5-7H2/t13-/m1/s1. The fourth-order valence-electron chi connectivity index (χ4n) is 2.40. The first kappa shape index (κ1) is 15.5. The maximum atomic E-state index is 13.3. The van der Waals surface area contributed by atoms with Crippen LogP contribution in [0.3, 0.4) is 0 Å². The molecule has 1 aliphatic heterocycles. The van der Waals surface area contributed by atoms with Gasteiger partial charge in [-0.05, 0) is 46.8 Å². The lowest BCUT2D eigenvalue weighted by Gasteiger charge is -2.32. The number of alkyl halides is 3. The Hall–Kier alpha value is -1.41. The summed E-state index contributed by atoms with van der Waals surface area (Å²) in [6.45, 7) is 0. The lowest BCUT2D eigenvalue weighted by molar-refractivity contribution is -0.297. The van der Waals surface area contributed by atoms with E-state index in [-0.39, 0.29) is 22.2 Å². The van der Waals surface area contributed by atoms with Crippen molar-refractivity contribution < 1.29 is 23.1 Å². The average Bonchev–Trinajstić information content (AvgIpc) is 3.21. The largest absolute Gasteiger partial charge is 0.438 e. The van der Waals surface area contributed by atoms with Gasteiger partial charge in [-0.25, -0.2) is 0 Å². The number of halogens is 4. The smallest absolute Gasteiger partial charge is 0.362 e. The molecule has 1 atom stereocenters. The highest BCUT2D eigenvalue weighted by atomic mass is 79.9. The molecule has 1 heterocycles. The Bertz CT molecular complexity index is 658. The van der Waals surface area contributed by atoms with E-state index in [4.69, 9.17) is 0 Å². The molecule has 0 saturated heterocycles. The van der Waals surface area contributed by atoms with E-state index in [0.29, 0.717) is 4.47 Å². The van der Waals surface area contributed by atoms with Gasteiger partial charge in [-0.1, -0.05) is 12.1 Å². The van der Waals surface area contributed by atoms with Crippen LogP contribution in [0.1, 0.15) is 29.6 Å². The topological polar surface area (TPSA) is 52.9 Å². The van der Waals surface area contributed by atoms with Crippen LogP contribution in [0.25, 0.3) is 0 Å². The second-order valence-corrected chi connectivity index (χ2v) is 6.31. The first-order valence-electron chi connectivity index (χ1n) is 6.69. The first-order valence-corrected chi connectivity index (χ1v) is 7.49. The van der Waals surface area contributed by atoms with Gasteiger partial charge < -0.3 is 5.11 Å². The van der Waals surface area contributed by atoms with Crippen LogP contribution in [-0.4, -0.2) is 33.6 Å². The second kappa shape index (κ2) is 5.06. The van der Waals surface area contributed by atoms with Gasteiger partial charge in [-0.15, -0.1) is 0 Å².